The summed E-state index contributed by atoms with van der Waals surface area (Å²) >= 11 is 7.87. The van der Waals surface area contributed by atoms with Crippen molar-refractivity contribution in [1.82, 2.24) is 0 Å². The molecule has 0 aliphatic carbocycles. The summed E-state index contributed by atoms with van der Waals surface area (Å²) in [5.74, 6) is 0. The molecule has 1 aromatic rings. The molecule has 76 valence electrons. The second kappa shape index (κ2) is 3.91. The molecule has 1 aliphatic heterocycles. The molecule has 0 saturated heterocycles. The fourth-order valence-corrected chi connectivity index (χ4v) is 3.25. The van der Waals surface area contributed by atoms with Gasteiger partial charge < -0.3 is 10.5 Å². The van der Waals surface area contributed by atoms with Crippen LogP contribution in [0.1, 0.15) is 30.6 Å². The second-order valence-electron chi connectivity index (χ2n) is 3.42. The van der Waals surface area contributed by atoms with E-state index in [0.29, 0.717) is 5.25 Å². The number of nitrogens with one attached hydrogen (secondary N) is 1. The van der Waals surface area contributed by atoms with E-state index in [1.807, 2.05) is 12.1 Å². The highest BCUT2D eigenvalue weighted by molar-refractivity contribution is 8.01. The summed E-state index contributed by atoms with van der Waals surface area (Å²) in [5.41, 5.74) is 8.85. The third-order valence-electron chi connectivity index (χ3n) is 2.40. The van der Waals surface area contributed by atoms with Gasteiger partial charge in [-0.05, 0) is 30.5 Å². The molecule has 0 spiro atoms. The highest BCUT2D eigenvalue weighted by Crippen LogP contribution is 2.50. The van der Waals surface area contributed by atoms with Gasteiger partial charge in [0, 0.05) is 10.6 Å². The molecule has 14 heavy (non-hydrogen) atoms. The SMILES string of the molecule is CCCC1SNc2c(N)ccc(Cl)c21. The van der Waals surface area contributed by atoms with Crippen LogP contribution in [0.15, 0.2) is 12.1 Å². The van der Waals surface area contributed by atoms with Gasteiger partial charge >= 0.3 is 0 Å². The quantitative estimate of drug-likeness (QED) is 0.597. The summed E-state index contributed by atoms with van der Waals surface area (Å²) in [7, 11) is 0. The molecule has 1 heterocycles. The van der Waals surface area contributed by atoms with Crippen molar-refractivity contribution in [3.05, 3.63) is 22.7 Å². The molecule has 0 radical (unpaired) electrons. The molecular weight excluding hydrogens is 216 g/mol. The average molecular weight is 229 g/mol. The van der Waals surface area contributed by atoms with Gasteiger partial charge in [0.05, 0.1) is 16.6 Å². The van der Waals surface area contributed by atoms with E-state index in [4.69, 9.17) is 17.3 Å². The van der Waals surface area contributed by atoms with Crippen LogP contribution >= 0.6 is 23.5 Å². The molecule has 0 fully saturated rings. The fourth-order valence-electron chi connectivity index (χ4n) is 1.69. The van der Waals surface area contributed by atoms with Crippen molar-refractivity contribution in [2.75, 3.05) is 10.5 Å². The minimum atomic E-state index is 0.450. The molecule has 2 nitrogen and oxygen atoms in total. The lowest BCUT2D eigenvalue weighted by atomic mass is 10.0. The lowest BCUT2D eigenvalue weighted by Gasteiger charge is -2.09. The fraction of sp³-hybridized carbons (Fsp3) is 0.400. The van der Waals surface area contributed by atoms with Crippen molar-refractivity contribution in [3.63, 3.8) is 0 Å². The summed E-state index contributed by atoms with van der Waals surface area (Å²) in [6.45, 7) is 2.18. The van der Waals surface area contributed by atoms with E-state index in [1.165, 1.54) is 5.56 Å². The van der Waals surface area contributed by atoms with Gasteiger partial charge in [-0.1, -0.05) is 24.9 Å². The van der Waals surface area contributed by atoms with Crippen molar-refractivity contribution in [2.45, 2.75) is 25.0 Å². The molecule has 1 unspecified atom stereocenters. The summed E-state index contributed by atoms with van der Waals surface area (Å²) in [5, 5.41) is 1.27. The van der Waals surface area contributed by atoms with Gasteiger partial charge in [-0.25, -0.2) is 0 Å². The van der Waals surface area contributed by atoms with Crippen LogP contribution in [0.2, 0.25) is 5.02 Å². The molecule has 0 saturated carbocycles. The molecule has 1 aliphatic rings. The Balaban J connectivity index is 2.42. The Bertz CT molecular complexity index is 354. The minimum absolute atomic E-state index is 0.450. The number of hydrogen-bond acceptors (Lipinski definition) is 3. The van der Waals surface area contributed by atoms with Gasteiger partial charge in [0.2, 0.25) is 0 Å². The first-order chi connectivity index (χ1) is 6.74. The zero-order chi connectivity index (χ0) is 10.1. The Morgan fingerprint density at radius 2 is 2.36 bits per heavy atom. The maximum absolute atomic E-state index is 6.16. The number of nitrogens with two attached hydrogens (primary N) is 1. The van der Waals surface area contributed by atoms with Gasteiger partial charge in [-0.3, -0.25) is 0 Å². The minimum Gasteiger partial charge on any atom is -0.397 e. The number of benzene rings is 1. The molecule has 3 N–H and O–H groups in total. The first-order valence-electron chi connectivity index (χ1n) is 4.73. The highest BCUT2D eigenvalue weighted by Gasteiger charge is 2.26. The zero-order valence-electron chi connectivity index (χ0n) is 8.01. The standard InChI is InChI=1S/C10H13ClN2S/c1-2-3-8-9-6(11)4-5-7(12)10(9)13-14-8/h4-5,8,13H,2-3,12H2,1H3. The van der Waals surface area contributed by atoms with E-state index in [0.717, 1.165) is 29.2 Å². The van der Waals surface area contributed by atoms with Crippen LogP contribution in [0.25, 0.3) is 0 Å². The summed E-state index contributed by atoms with van der Waals surface area (Å²) in [6, 6.07) is 3.73. The number of halogens is 1. The summed E-state index contributed by atoms with van der Waals surface area (Å²) in [4.78, 5) is 0. The first kappa shape index (κ1) is 9.99. The van der Waals surface area contributed by atoms with E-state index in [1.54, 1.807) is 11.9 Å². The summed E-state index contributed by atoms with van der Waals surface area (Å²) < 4.78 is 3.25. The van der Waals surface area contributed by atoms with Crippen LogP contribution in [-0.4, -0.2) is 0 Å². The van der Waals surface area contributed by atoms with Crippen LogP contribution in [0.5, 0.6) is 0 Å². The van der Waals surface area contributed by atoms with E-state index in [9.17, 15) is 0 Å². The van der Waals surface area contributed by atoms with Crippen LogP contribution in [-0.2, 0) is 0 Å². The third kappa shape index (κ3) is 1.55. The van der Waals surface area contributed by atoms with Crippen molar-refractivity contribution in [1.29, 1.82) is 0 Å². The lowest BCUT2D eigenvalue weighted by Crippen LogP contribution is -1.93. The summed E-state index contributed by atoms with van der Waals surface area (Å²) in [6.07, 6.45) is 2.29. The molecule has 4 heteroatoms. The Hall–Kier alpha value is -0.540. The van der Waals surface area contributed by atoms with E-state index >= 15 is 0 Å². The predicted octanol–water partition coefficient (Wildman–Crippen LogP) is 3.84. The van der Waals surface area contributed by atoms with Crippen LogP contribution in [0.4, 0.5) is 11.4 Å². The van der Waals surface area contributed by atoms with Gasteiger partial charge in [-0.15, -0.1) is 0 Å². The van der Waals surface area contributed by atoms with Crippen molar-refractivity contribution in [3.8, 4) is 0 Å². The van der Waals surface area contributed by atoms with Crippen LogP contribution < -0.4 is 10.5 Å². The average Bonchev–Trinajstić information content (AvgIpc) is 2.58. The Labute approximate surface area is 93.3 Å². The van der Waals surface area contributed by atoms with E-state index < -0.39 is 0 Å². The lowest BCUT2D eigenvalue weighted by molar-refractivity contribution is 0.786. The zero-order valence-corrected chi connectivity index (χ0v) is 9.58. The van der Waals surface area contributed by atoms with Crippen LogP contribution in [0.3, 0.4) is 0 Å². The van der Waals surface area contributed by atoms with Gasteiger partial charge in [0.15, 0.2) is 0 Å². The predicted molar refractivity (Wildman–Crippen MR) is 64.7 cm³/mol. The van der Waals surface area contributed by atoms with E-state index in [-0.39, 0.29) is 0 Å². The monoisotopic (exact) mass is 228 g/mol. The molecule has 1 atom stereocenters. The Morgan fingerprint density at radius 3 is 3.07 bits per heavy atom. The van der Waals surface area contributed by atoms with Crippen molar-refractivity contribution in [2.24, 2.45) is 0 Å². The molecule has 0 bridgehead atoms. The molecule has 1 aromatic carbocycles. The van der Waals surface area contributed by atoms with Crippen molar-refractivity contribution >= 4 is 34.9 Å². The third-order valence-corrected chi connectivity index (χ3v) is 3.81. The second-order valence-corrected chi connectivity index (χ2v) is 4.84. The highest BCUT2D eigenvalue weighted by atomic mass is 35.5. The number of nitrogen functional groups attached to an aromatic ring is 1. The number of hydrogen-bond donors (Lipinski definition) is 2. The first-order valence-corrected chi connectivity index (χ1v) is 5.99. The van der Waals surface area contributed by atoms with Crippen LogP contribution in [0, 0.1) is 0 Å². The number of fused-ring (bicyclic) bond motifs is 1. The molecular formula is C10H13ClN2S. The van der Waals surface area contributed by atoms with Gasteiger partial charge in [-0.2, -0.15) is 0 Å². The van der Waals surface area contributed by atoms with Crippen molar-refractivity contribution < 1.29 is 0 Å². The molecule has 0 aromatic heterocycles. The van der Waals surface area contributed by atoms with Gasteiger partial charge in [0.25, 0.3) is 0 Å². The maximum Gasteiger partial charge on any atom is 0.0732 e. The maximum atomic E-state index is 6.16. The molecule has 2 rings (SSSR count). The molecule has 0 amide bonds. The number of rotatable bonds is 2. The van der Waals surface area contributed by atoms with E-state index in [2.05, 4.69) is 11.6 Å². The normalized spacial score (nSPS) is 19.1. The smallest absolute Gasteiger partial charge is 0.0732 e. The largest absolute Gasteiger partial charge is 0.397 e. The Kier molecular flexibility index (Phi) is 2.79. The van der Waals surface area contributed by atoms with Gasteiger partial charge in [0.1, 0.15) is 0 Å². The topological polar surface area (TPSA) is 38.0 Å². The Morgan fingerprint density at radius 1 is 1.57 bits per heavy atom. The number of anilines is 2.